The molecule has 1 saturated heterocycles. The van der Waals surface area contributed by atoms with E-state index in [0.29, 0.717) is 18.3 Å². The second-order valence-electron chi connectivity index (χ2n) is 7.42. The molecule has 4 rings (SSSR count). The lowest BCUT2D eigenvalue weighted by Crippen LogP contribution is -2.53. The summed E-state index contributed by atoms with van der Waals surface area (Å²) in [5.41, 5.74) is -1.58. The van der Waals surface area contributed by atoms with Gasteiger partial charge in [-0.2, -0.15) is 5.10 Å². The van der Waals surface area contributed by atoms with Crippen LogP contribution in [-0.4, -0.2) is 49.9 Å². The molecule has 7 nitrogen and oxygen atoms in total. The smallest absolute Gasteiger partial charge is 0.324 e. The number of carbonyl (C=O) groups excluding carboxylic acids is 1. The monoisotopic (exact) mass is 431 g/mol. The van der Waals surface area contributed by atoms with E-state index in [1.807, 2.05) is 0 Å². The van der Waals surface area contributed by atoms with Gasteiger partial charge in [0, 0.05) is 30.4 Å². The minimum absolute atomic E-state index is 0.162. The van der Waals surface area contributed by atoms with Gasteiger partial charge in [-0.25, -0.2) is 27.6 Å². The number of amides is 2. The van der Waals surface area contributed by atoms with E-state index in [4.69, 9.17) is 0 Å². The molecule has 0 aliphatic carbocycles. The fraction of sp³-hybridized carbons (Fsp3) is 0.286. The summed E-state index contributed by atoms with van der Waals surface area (Å²) in [5, 5.41) is 15.6. The number of anilines is 1. The van der Waals surface area contributed by atoms with Crippen molar-refractivity contribution < 1.29 is 23.1 Å². The molecule has 0 bridgehead atoms. The number of carbonyl (C=O) groups is 1. The molecule has 2 amide bonds. The molecule has 0 saturated carbocycles. The van der Waals surface area contributed by atoms with Crippen molar-refractivity contribution in [3.63, 3.8) is 0 Å². The van der Waals surface area contributed by atoms with Crippen molar-refractivity contribution in [2.75, 3.05) is 18.0 Å². The summed E-state index contributed by atoms with van der Waals surface area (Å²) in [6.45, 7) is 1.93. The van der Waals surface area contributed by atoms with Crippen molar-refractivity contribution >= 4 is 11.7 Å². The number of benzene rings is 2. The van der Waals surface area contributed by atoms with E-state index in [1.54, 1.807) is 6.92 Å². The first kappa shape index (κ1) is 20.9. The minimum atomic E-state index is -1.93. The third-order valence-electron chi connectivity index (χ3n) is 5.61. The minimum Gasteiger partial charge on any atom is -0.381 e. The quantitative estimate of drug-likeness (QED) is 0.651. The summed E-state index contributed by atoms with van der Waals surface area (Å²) < 4.78 is 42.8. The number of rotatable bonds is 6. The van der Waals surface area contributed by atoms with Gasteiger partial charge in [-0.3, -0.25) is 4.90 Å². The van der Waals surface area contributed by atoms with Gasteiger partial charge < -0.3 is 10.0 Å². The van der Waals surface area contributed by atoms with Gasteiger partial charge in [0.1, 0.15) is 35.7 Å². The normalized spacial score (nSPS) is 17.1. The number of urea groups is 1. The summed E-state index contributed by atoms with van der Waals surface area (Å²) in [6.07, 6.45) is 2.62. The van der Waals surface area contributed by atoms with Gasteiger partial charge in [0.05, 0.1) is 12.6 Å². The van der Waals surface area contributed by atoms with Crippen molar-refractivity contribution in [1.82, 2.24) is 19.7 Å². The molecule has 2 aromatic carbocycles. The summed E-state index contributed by atoms with van der Waals surface area (Å²) in [7, 11) is 0. The molecule has 1 aliphatic rings. The number of halogens is 3. The van der Waals surface area contributed by atoms with Gasteiger partial charge in [0.15, 0.2) is 0 Å². The summed E-state index contributed by atoms with van der Waals surface area (Å²) in [4.78, 5) is 19.8. The highest BCUT2D eigenvalue weighted by molar-refractivity contribution is 5.94. The Kier molecular flexibility index (Phi) is 5.40. The van der Waals surface area contributed by atoms with Gasteiger partial charge in [-0.1, -0.05) is 6.07 Å². The van der Waals surface area contributed by atoms with Crippen molar-refractivity contribution in [1.29, 1.82) is 0 Å². The van der Waals surface area contributed by atoms with Crippen LogP contribution in [-0.2, 0) is 12.1 Å². The van der Waals surface area contributed by atoms with Crippen LogP contribution < -0.4 is 4.90 Å². The van der Waals surface area contributed by atoms with E-state index in [9.17, 15) is 23.1 Å². The molecule has 31 heavy (non-hydrogen) atoms. The molecule has 1 fully saturated rings. The third kappa shape index (κ3) is 3.86. The molecule has 1 aromatic heterocycles. The van der Waals surface area contributed by atoms with Crippen molar-refractivity contribution in [2.24, 2.45) is 0 Å². The second-order valence-corrected chi connectivity index (χ2v) is 7.42. The molecule has 2 atom stereocenters. The fourth-order valence-corrected chi connectivity index (χ4v) is 3.88. The number of hydrogen-bond acceptors (Lipinski definition) is 4. The SMILES string of the molecule is C[C@@H](N1CCN(c2ccc(F)cc2)C1=O)C(O)(Cn1cncn1)c1ccc(F)cc1F. The molecule has 2 heterocycles. The number of hydrogen-bond donors (Lipinski definition) is 1. The number of aromatic nitrogens is 3. The summed E-state index contributed by atoms with van der Waals surface area (Å²) >= 11 is 0. The summed E-state index contributed by atoms with van der Waals surface area (Å²) in [6, 6.07) is 7.06. The van der Waals surface area contributed by atoms with Gasteiger partial charge in [-0.15, -0.1) is 0 Å². The Morgan fingerprint density at radius 3 is 2.45 bits per heavy atom. The van der Waals surface area contributed by atoms with Crippen LogP contribution in [0.2, 0.25) is 0 Å². The summed E-state index contributed by atoms with van der Waals surface area (Å²) in [5.74, 6) is -2.14. The predicted molar refractivity (Wildman–Crippen MR) is 106 cm³/mol. The molecule has 0 radical (unpaired) electrons. The topological polar surface area (TPSA) is 74.5 Å². The van der Waals surface area contributed by atoms with Crippen LogP contribution in [0.3, 0.4) is 0 Å². The van der Waals surface area contributed by atoms with Crippen LogP contribution in [0.4, 0.5) is 23.7 Å². The standard InChI is InChI=1S/C21H20F3N5O2/c1-14(28-8-9-29(20(28)30)17-5-2-15(22)3-6-17)21(31,11-27-13-25-12-26-27)18-7-4-16(23)10-19(18)24/h2-7,10,12-14,31H,8-9,11H2,1H3/t14-,21?/m1/s1. The molecular formula is C21H20F3N5O2. The molecule has 0 spiro atoms. The Hall–Kier alpha value is -3.40. The van der Waals surface area contributed by atoms with Crippen LogP contribution in [0.25, 0.3) is 0 Å². The van der Waals surface area contributed by atoms with E-state index in [1.165, 1.54) is 51.4 Å². The Labute approximate surface area is 176 Å². The average Bonchev–Trinajstić information content (AvgIpc) is 3.37. The first-order valence-electron chi connectivity index (χ1n) is 9.63. The predicted octanol–water partition coefficient (Wildman–Crippen LogP) is 2.91. The Bertz CT molecular complexity index is 1080. The Morgan fingerprint density at radius 1 is 1.10 bits per heavy atom. The van der Waals surface area contributed by atoms with Crippen LogP contribution in [0.5, 0.6) is 0 Å². The van der Waals surface area contributed by atoms with E-state index >= 15 is 0 Å². The molecule has 1 N–H and O–H groups in total. The molecule has 1 aliphatic heterocycles. The lowest BCUT2D eigenvalue weighted by atomic mass is 9.85. The number of aliphatic hydroxyl groups is 1. The van der Waals surface area contributed by atoms with E-state index in [0.717, 1.165) is 12.1 Å². The maximum absolute atomic E-state index is 14.7. The zero-order valence-corrected chi connectivity index (χ0v) is 16.6. The zero-order chi connectivity index (χ0) is 22.2. The first-order valence-corrected chi connectivity index (χ1v) is 9.63. The van der Waals surface area contributed by atoms with Crippen LogP contribution in [0.15, 0.2) is 55.1 Å². The van der Waals surface area contributed by atoms with Crippen LogP contribution >= 0.6 is 0 Å². The van der Waals surface area contributed by atoms with Gasteiger partial charge in [0.2, 0.25) is 0 Å². The zero-order valence-electron chi connectivity index (χ0n) is 16.6. The van der Waals surface area contributed by atoms with Crippen LogP contribution in [0.1, 0.15) is 12.5 Å². The fourth-order valence-electron chi connectivity index (χ4n) is 3.88. The Balaban J connectivity index is 1.68. The molecule has 10 heteroatoms. The van der Waals surface area contributed by atoms with E-state index in [2.05, 4.69) is 10.1 Å². The Morgan fingerprint density at radius 2 is 1.81 bits per heavy atom. The molecule has 3 aromatic rings. The highest BCUT2D eigenvalue weighted by atomic mass is 19.1. The molecule has 162 valence electrons. The van der Waals surface area contributed by atoms with Crippen molar-refractivity contribution in [3.8, 4) is 0 Å². The maximum Gasteiger partial charge on any atom is 0.324 e. The number of nitrogens with zero attached hydrogens (tertiary/aromatic N) is 5. The largest absolute Gasteiger partial charge is 0.381 e. The van der Waals surface area contributed by atoms with Gasteiger partial charge in [-0.05, 0) is 37.3 Å². The third-order valence-corrected chi connectivity index (χ3v) is 5.61. The van der Waals surface area contributed by atoms with E-state index < -0.39 is 35.1 Å². The second kappa shape index (κ2) is 8.03. The van der Waals surface area contributed by atoms with E-state index in [-0.39, 0.29) is 18.7 Å². The first-order chi connectivity index (χ1) is 14.8. The van der Waals surface area contributed by atoms with Crippen molar-refractivity contribution in [3.05, 3.63) is 78.1 Å². The van der Waals surface area contributed by atoms with Crippen LogP contribution in [0, 0.1) is 17.5 Å². The molecule has 1 unspecified atom stereocenters. The lowest BCUT2D eigenvalue weighted by Gasteiger charge is -2.39. The highest BCUT2D eigenvalue weighted by Gasteiger charge is 2.46. The lowest BCUT2D eigenvalue weighted by molar-refractivity contribution is -0.0475. The average molecular weight is 431 g/mol. The molecular weight excluding hydrogens is 411 g/mol. The highest BCUT2D eigenvalue weighted by Crippen LogP contribution is 2.35. The van der Waals surface area contributed by atoms with Gasteiger partial charge in [0.25, 0.3) is 0 Å². The van der Waals surface area contributed by atoms with Gasteiger partial charge >= 0.3 is 6.03 Å². The maximum atomic E-state index is 14.7. The van der Waals surface area contributed by atoms with Crippen molar-refractivity contribution in [2.45, 2.75) is 25.1 Å².